The van der Waals surface area contributed by atoms with Gasteiger partial charge in [-0.1, -0.05) is 12.8 Å². The fourth-order valence-electron chi connectivity index (χ4n) is 3.99. The lowest BCUT2D eigenvalue weighted by atomic mass is 9.77. The van der Waals surface area contributed by atoms with Crippen LogP contribution in [-0.4, -0.2) is 42.0 Å². The van der Waals surface area contributed by atoms with Crippen LogP contribution in [-0.2, 0) is 9.59 Å². The molecule has 1 heterocycles. The normalized spacial score (nSPS) is 31.6. The molecule has 3 aliphatic rings. The zero-order valence-corrected chi connectivity index (χ0v) is 13.8. The third kappa shape index (κ3) is 4.03. The predicted octanol–water partition coefficient (Wildman–Crippen LogP) is 2.87. The summed E-state index contributed by atoms with van der Waals surface area (Å²) in [5.41, 5.74) is 0. The summed E-state index contributed by atoms with van der Waals surface area (Å²) in [6.07, 6.45) is 0.598. The molecule has 0 aromatic heterocycles. The molecule has 2 aliphatic carbocycles. The van der Waals surface area contributed by atoms with Crippen LogP contribution in [0.2, 0.25) is 0 Å². The van der Waals surface area contributed by atoms with Crippen LogP contribution >= 0.6 is 0 Å². The summed E-state index contributed by atoms with van der Waals surface area (Å²) in [6, 6.07) is 0.261. The van der Waals surface area contributed by atoms with E-state index in [1.807, 2.05) is 0 Å². The Morgan fingerprint density at radius 2 is 1.67 bits per heavy atom. The van der Waals surface area contributed by atoms with Crippen molar-refractivity contribution in [3.05, 3.63) is 0 Å². The van der Waals surface area contributed by atoms with Crippen LogP contribution < -0.4 is 5.32 Å². The summed E-state index contributed by atoms with van der Waals surface area (Å²) < 4.78 is 39.7. The molecular weight excluding hydrogens is 321 g/mol. The van der Waals surface area contributed by atoms with Gasteiger partial charge in [0.2, 0.25) is 11.8 Å². The first kappa shape index (κ1) is 17.5. The monoisotopic (exact) mass is 346 g/mol. The Kier molecular flexibility index (Phi) is 5.06. The largest absolute Gasteiger partial charge is 0.392 e. The smallest absolute Gasteiger partial charge is 0.353 e. The Morgan fingerprint density at radius 1 is 0.958 bits per heavy atom. The molecule has 0 aromatic rings. The lowest BCUT2D eigenvalue weighted by Gasteiger charge is -2.38. The van der Waals surface area contributed by atoms with E-state index in [-0.39, 0.29) is 30.8 Å². The number of hydrogen-bond acceptors (Lipinski definition) is 2. The molecular formula is C17H25F3N2O2. The molecule has 24 heavy (non-hydrogen) atoms. The van der Waals surface area contributed by atoms with E-state index in [0.717, 1.165) is 12.8 Å². The number of hydrogen-bond donors (Lipinski definition) is 1. The number of amides is 2. The minimum Gasteiger partial charge on any atom is -0.353 e. The van der Waals surface area contributed by atoms with Gasteiger partial charge in [-0.2, -0.15) is 13.2 Å². The summed E-state index contributed by atoms with van der Waals surface area (Å²) >= 11 is 0. The van der Waals surface area contributed by atoms with E-state index in [4.69, 9.17) is 0 Å². The number of carbonyl (C=O) groups is 2. The van der Waals surface area contributed by atoms with E-state index < -0.39 is 23.9 Å². The molecule has 136 valence electrons. The Labute approximate surface area is 140 Å². The van der Waals surface area contributed by atoms with Gasteiger partial charge in [-0.15, -0.1) is 0 Å². The van der Waals surface area contributed by atoms with Crippen molar-refractivity contribution < 1.29 is 22.8 Å². The first-order chi connectivity index (χ1) is 11.4. The molecule has 3 rings (SSSR count). The zero-order chi connectivity index (χ0) is 17.3. The Balaban J connectivity index is 1.63. The number of rotatable bonds is 3. The fraction of sp³-hybridized carbons (Fsp3) is 0.882. The van der Waals surface area contributed by atoms with Crippen molar-refractivity contribution in [2.24, 2.45) is 17.8 Å². The Morgan fingerprint density at radius 3 is 2.33 bits per heavy atom. The summed E-state index contributed by atoms with van der Waals surface area (Å²) in [7, 11) is 0. The van der Waals surface area contributed by atoms with Gasteiger partial charge >= 0.3 is 6.18 Å². The molecule has 3 fully saturated rings. The van der Waals surface area contributed by atoms with Crippen LogP contribution in [0.25, 0.3) is 0 Å². The molecule has 2 saturated carbocycles. The van der Waals surface area contributed by atoms with Gasteiger partial charge in [-0.25, -0.2) is 0 Å². The molecule has 2 amide bonds. The number of carbonyl (C=O) groups excluding carboxylic acids is 2. The minimum absolute atomic E-state index is 0.0410. The number of halogens is 3. The maximum atomic E-state index is 13.2. The number of likely N-dealkylation sites (tertiary alicyclic amines) is 1. The van der Waals surface area contributed by atoms with Crippen LogP contribution in [0.4, 0.5) is 13.2 Å². The topological polar surface area (TPSA) is 49.4 Å². The van der Waals surface area contributed by atoms with Gasteiger partial charge in [0.1, 0.15) is 0 Å². The van der Waals surface area contributed by atoms with Gasteiger partial charge in [0.15, 0.2) is 0 Å². The summed E-state index contributed by atoms with van der Waals surface area (Å²) in [5.74, 6) is -3.23. The molecule has 0 radical (unpaired) electrons. The SMILES string of the molecule is O=C(NC1CC1)[C@@H]1CCCN(C(=O)[C@@H]2CCCC[C@H]2C(F)(F)F)C1. The van der Waals surface area contributed by atoms with E-state index in [0.29, 0.717) is 38.6 Å². The van der Waals surface area contributed by atoms with Crippen molar-refractivity contribution in [2.75, 3.05) is 13.1 Å². The highest BCUT2D eigenvalue weighted by Crippen LogP contribution is 2.42. The van der Waals surface area contributed by atoms with Gasteiger partial charge in [0.25, 0.3) is 0 Å². The van der Waals surface area contributed by atoms with Crippen LogP contribution in [0.3, 0.4) is 0 Å². The van der Waals surface area contributed by atoms with Gasteiger partial charge < -0.3 is 10.2 Å². The molecule has 1 saturated heterocycles. The second-order valence-electron chi connectivity index (χ2n) is 7.45. The molecule has 1 aliphatic heterocycles. The Hall–Kier alpha value is -1.27. The van der Waals surface area contributed by atoms with Gasteiger partial charge in [-0.05, 0) is 38.5 Å². The number of piperidine rings is 1. The fourth-order valence-corrected chi connectivity index (χ4v) is 3.99. The molecule has 3 atom stereocenters. The average molecular weight is 346 g/mol. The van der Waals surface area contributed by atoms with Gasteiger partial charge in [-0.3, -0.25) is 9.59 Å². The molecule has 0 unspecified atom stereocenters. The number of alkyl halides is 3. The highest BCUT2D eigenvalue weighted by Gasteiger charge is 2.49. The molecule has 0 spiro atoms. The predicted molar refractivity (Wildman–Crippen MR) is 82.0 cm³/mol. The first-order valence-electron chi connectivity index (χ1n) is 9.02. The average Bonchev–Trinajstić information content (AvgIpc) is 3.37. The van der Waals surface area contributed by atoms with Crippen LogP contribution in [0.1, 0.15) is 51.4 Å². The van der Waals surface area contributed by atoms with Crippen molar-refractivity contribution in [3.8, 4) is 0 Å². The zero-order valence-electron chi connectivity index (χ0n) is 13.8. The quantitative estimate of drug-likeness (QED) is 0.854. The van der Waals surface area contributed by atoms with E-state index >= 15 is 0 Å². The van der Waals surface area contributed by atoms with Crippen LogP contribution in [0.15, 0.2) is 0 Å². The van der Waals surface area contributed by atoms with Crippen LogP contribution in [0, 0.1) is 17.8 Å². The molecule has 0 bridgehead atoms. The van der Waals surface area contributed by atoms with Crippen molar-refractivity contribution in [1.29, 1.82) is 0 Å². The standard InChI is InChI=1S/C17H25F3N2O2/c18-17(19,20)14-6-2-1-5-13(14)16(24)22-9-3-4-11(10-22)15(23)21-12-7-8-12/h11-14H,1-10H2,(H,21,23)/t11-,13-,14-/m1/s1. The van der Waals surface area contributed by atoms with Crippen LogP contribution in [0.5, 0.6) is 0 Å². The van der Waals surface area contributed by atoms with Crippen molar-refractivity contribution in [3.63, 3.8) is 0 Å². The van der Waals surface area contributed by atoms with E-state index in [1.165, 1.54) is 4.90 Å². The van der Waals surface area contributed by atoms with Crippen molar-refractivity contribution >= 4 is 11.8 Å². The van der Waals surface area contributed by atoms with Gasteiger partial charge in [0, 0.05) is 25.0 Å². The summed E-state index contributed by atoms with van der Waals surface area (Å²) in [6.45, 7) is 0.728. The highest BCUT2D eigenvalue weighted by molar-refractivity contribution is 5.83. The molecule has 1 N–H and O–H groups in total. The summed E-state index contributed by atoms with van der Waals surface area (Å²) in [4.78, 5) is 26.4. The molecule has 7 heteroatoms. The third-order valence-electron chi connectivity index (χ3n) is 5.53. The van der Waals surface area contributed by atoms with Crippen molar-refractivity contribution in [2.45, 2.75) is 63.6 Å². The maximum absolute atomic E-state index is 13.2. The molecule has 0 aromatic carbocycles. The van der Waals surface area contributed by atoms with E-state index in [2.05, 4.69) is 5.32 Å². The van der Waals surface area contributed by atoms with E-state index in [1.54, 1.807) is 0 Å². The number of nitrogens with one attached hydrogen (secondary N) is 1. The second kappa shape index (κ2) is 6.92. The van der Waals surface area contributed by atoms with Gasteiger partial charge in [0.05, 0.1) is 11.8 Å². The minimum atomic E-state index is -4.32. The maximum Gasteiger partial charge on any atom is 0.392 e. The second-order valence-corrected chi connectivity index (χ2v) is 7.45. The lowest BCUT2D eigenvalue weighted by molar-refractivity contribution is -0.201. The Bertz CT molecular complexity index is 491. The third-order valence-corrected chi connectivity index (χ3v) is 5.53. The van der Waals surface area contributed by atoms with Crippen molar-refractivity contribution in [1.82, 2.24) is 10.2 Å². The molecule has 4 nitrogen and oxygen atoms in total. The lowest BCUT2D eigenvalue weighted by Crippen LogP contribution is -2.50. The van der Waals surface area contributed by atoms with E-state index in [9.17, 15) is 22.8 Å². The summed E-state index contributed by atoms with van der Waals surface area (Å²) in [5, 5.41) is 2.94. The number of nitrogens with zero attached hydrogens (tertiary/aromatic N) is 1. The highest BCUT2D eigenvalue weighted by atomic mass is 19.4. The first-order valence-corrected chi connectivity index (χ1v) is 9.02.